The highest BCUT2D eigenvalue weighted by molar-refractivity contribution is 7.92. The van der Waals surface area contributed by atoms with Gasteiger partial charge in [-0.15, -0.1) is 0 Å². The molecule has 162 valence electrons. The SMILES string of the molecule is COc1ccc(S(=O)(=O)Nc2cc(C(=O)NCc3cccc(OC)c3)ccc2C)cc1. The van der Waals surface area contributed by atoms with Gasteiger partial charge in [-0.25, -0.2) is 8.42 Å². The average Bonchev–Trinajstić information content (AvgIpc) is 2.79. The number of ether oxygens (including phenoxy) is 2. The Hall–Kier alpha value is -3.52. The molecule has 0 spiro atoms. The lowest BCUT2D eigenvalue weighted by atomic mass is 10.1. The van der Waals surface area contributed by atoms with Crippen molar-refractivity contribution < 1.29 is 22.7 Å². The normalized spacial score (nSPS) is 10.9. The van der Waals surface area contributed by atoms with Crippen LogP contribution in [0.4, 0.5) is 5.69 Å². The molecule has 2 N–H and O–H groups in total. The van der Waals surface area contributed by atoms with Gasteiger partial charge in [0.25, 0.3) is 15.9 Å². The molecule has 0 saturated heterocycles. The van der Waals surface area contributed by atoms with Crippen molar-refractivity contribution in [1.82, 2.24) is 5.32 Å². The molecule has 31 heavy (non-hydrogen) atoms. The fraction of sp³-hybridized carbons (Fsp3) is 0.174. The Balaban J connectivity index is 1.75. The third-order valence-corrected chi connectivity index (χ3v) is 6.08. The Morgan fingerprint density at radius 1 is 0.903 bits per heavy atom. The second-order valence-corrected chi connectivity index (χ2v) is 8.53. The topological polar surface area (TPSA) is 93.7 Å². The molecule has 0 saturated carbocycles. The molecule has 0 unspecified atom stereocenters. The summed E-state index contributed by atoms with van der Waals surface area (Å²) in [6, 6.07) is 18.3. The van der Waals surface area contributed by atoms with Crippen molar-refractivity contribution in [3.63, 3.8) is 0 Å². The number of carbonyl (C=O) groups is 1. The number of hydrogen-bond donors (Lipinski definition) is 2. The van der Waals surface area contributed by atoms with Gasteiger partial charge in [-0.2, -0.15) is 0 Å². The molecule has 0 aliphatic heterocycles. The summed E-state index contributed by atoms with van der Waals surface area (Å²) in [5.74, 6) is 0.954. The average molecular weight is 441 g/mol. The summed E-state index contributed by atoms with van der Waals surface area (Å²) >= 11 is 0. The number of methoxy groups -OCH3 is 2. The second-order valence-electron chi connectivity index (χ2n) is 6.84. The highest BCUT2D eigenvalue weighted by atomic mass is 32.2. The summed E-state index contributed by atoms with van der Waals surface area (Å²) in [6.07, 6.45) is 0. The van der Waals surface area contributed by atoms with E-state index in [1.807, 2.05) is 24.3 Å². The monoisotopic (exact) mass is 440 g/mol. The molecule has 0 aliphatic carbocycles. The number of benzene rings is 3. The van der Waals surface area contributed by atoms with Crippen molar-refractivity contribution in [3.05, 3.63) is 83.4 Å². The van der Waals surface area contributed by atoms with E-state index in [1.54, 1.807) is 38.3 Å². The minimum atomic E-state index is -3.82. The maximum atomic E-state index is 12.7. The van der Waals surface area contributed by atoms with Gasteiger partial charge in [-0.05, 0) is 66.6 Å². The van der Waals surface area contributed by atoms with E-state index in [-0.39, 0.29) is 10.8 Å². The Bertz CT molecular complexity index is 1170. The number of aryl methyl sites for hydroxylation is 1. The maximum Gasteiger partial charge on any atom is 0.261 e. The summed E-state index contributed by atoms with van der Waals surface area (Å²) in [5.41, 5.74) is 2.27. The van der Waals surface area contributed by atoms with Gasteiger partial charge >= 0.3 is 0 Å². The Morgan fingerprint density at radius 3 is 2.29 bits per heavy atom. The van der Waals surface area contributed by atoms with Gasteiger partial charge in [0.15, 0.2) is 0 Å². The van der Waals surface area contributed by atoms with E-state index >= 15 is 0 Å². The quantitative estimate of drug-likeness (QED) is 0.557. The molecule has 0 radical (unpaired) electrons. The van der Waals surface area contributed by atoms with Crippen LogP contribution in [-0.2, 0) is 16.6 Å². The van der Waals surface area contributed by atoms with Crippen molar-refractivity contribution in [2.75, 3.05) is 18.9 Å². The van der Waals surface area contributed by atoms with Crippen molar-refractivity contribution in [2.45, 2.75) is 18.4 Å². The van der Waals surface area contributed by atoms with Crippen LogP contribution in [0, 0.1) is 6.92 Å². The van der Waals surface area contributed by atoms with E-state index in [9.17, 15) is 13.2 Å². The number of nitrogens with one attached hydrogen (secondary N) is 2. The standard InChI is InChI=1S/C23H24N2O5S/c1-16-7-8-18(23(26)24-15-17-5-4-6-20(13-17)30-3)14-22(16)25-31(27,28)21-11-9-19(29-2)10-12-21/h4-14,25H,15H2,1-3H3,(H,24,26). The van der Waals surface area contributed by atoms with Crippen molar-refractivity contribution in [3.8, 4) is 11.5 Å². The molecular formula is C23H24N2O5S. The Morgan fingerprint density at radius 2 is 1.61 bits per heavy atom. The van der Waals surface area contributed by atoms with Gasteiger partial charge in [0.05, 0.1) is 24.8 Å². The third-order valence-electron chi connectivity index (χ3n) is 4.70. The molecule has 3 rings (SSSR count). The Kier molecular flexibility index (Phi) is 6.81. The molecule has 0 fully saturated rings. The van der Waals surface area contributed by atoms with Crippen LogP contribution in [0.1, 0.15) is 21.5 Å². The third kappa shape index (κ3) is 5.55. The summed E-state index contributed by atoms with van der Waals surface area (Å²) in [4.78, 5) is 12.7. The fourth-order valence-corrected chi connectivity index (χ4v) is 4.02. The molecule has 0 atom stereocenters. The first-order valence-electron chi connectivity index (χ1n) is 9.51. The lowest BCUT2D eigenvalue weighted by Crippen LogP contribution is -2.23. The predicted octanol–water partition coefficient (Wildman–Crippen LogP) is 3.74. The van der Waals surface area contributed by atoms with Crippen LogP contribution in [0.3, 0.4) is 0 Å². The summed E-state index contributed by atoms with van der Waals surface area (Å²) in [6.45, 7) is 2.08. The number of amides is 1. The van der Waals surface area contributed by atoms with E-state index in [2.05, 4.69) is 10.0 Å². The van der Waals surface area contributed by atoms with Crippen LogP contribution in [0.25, 0.3) is 0 Å². The lowest BCUT2D eigenvalue weighted by molar-refractivity contribution is 0.0951. The van der Waals surface area contributed by atoms with Gasteiger partial charge in [0.2, 0.25) is 0 Å². The first-order valence-corrected chi connectivity index (χ1v) is 11.0. The van der Waals surface area contributed by atoms with Crippen molar-refractivity contribution in [1.29, 1.82) is 0 Å². The largest absolute Gasteiger partial charge is 0.497 e. The zero-order valence-electron chi connectivity index (χ0n) is 17.5. The first kappa shape index (κ1) is 22.2. The van der Waals surface area contributed by atoms with Crippen LogP contribution >= 0.6 is 0 Å². The van der Waals surface area contributed by atoms with E-state index in [1.165, 1.54) is 25.3 Å². The molecule has 1 amide bonds. The minimum Gasteiger partial charge on any atom is -0.497 e. The van der Waals surface area contributed by atoms with Gasteiger partial charge in [-0.1, -0.05) is 18.2 Å². The Labute approximate surface area is 182 Å². The van der Waals surface area contributed by atoms with E-state index in [0.29, 0.717) is 34.9 Å². The van der Waals surface area contributed by atoms with E-state index in [0.717, 1.165) is 5.56 Å². The number of sulfonamides is 1. The van der Waals surface area contributed by atoms with Gasteiger partial charge < -0.3 is 14.8 Å². The molecule has 8 heteroatoms. The van der Waals surface area contributed by atoms with Crippen molar-refractivity contribution in [2.24, 2.45) is 0 Å². The van der Waals surface area contributed by atoms with Crippen LogP contribution in [0.15, 0.2) is 71.6 Å². The lowest BCUT2D eigenvalue weighted by Gasteiger charge is -2.13. The summed E-state index contributed by atoms with van der Waals surface area (Å²) < 4.78 is 38.3. The van der Waals surface area contributed by atoms with Crippen LogP contribution in [-0.4, -0.2) is 28.5 Å². The number of hydrogen-bond acceptors (Lipinski definition) is 5. The highest BCUT2D eigenvalue weighted by Crippen LogP contribution is 2.23. The molecule has 7 nitrogen and oxygen atoms in total. The molecule has 0 aromatic heterocycles. The van der Waals surface area contributed by atoms with Crippen LogP contribution < -0.4 is 19.5 Å². The molecule has 0 aliphatic rings. The molecule has 0 heterocycles. The predicted molar refractivity (Wildman–Crippen MR) is 119 cm³/mol. The van der Waals surface area contributed by atoms with Gasteiger partial charge in [0.1, 0.15) is 11.5 Å². The highest BCUT2D eigenvalue weighted by Gasteiger charge is 2.17. The zero-order chi connectivity index (χ0) is 22.4. The molecular weight excluding hydrogens is 416 g/mol. The molecule has 3 aromatic carbocycles. The number of rotatable bonds is 8. The molecule has 0 bridgehead atoms. The van der Waals surface area contributed by atoms with Gasteiger partial charge in [0, 0.05) is 12.1 Å². The van der Waals surface area contributed by atoms with Gasteiger partial charge in [-0.3, -0.25) is 9.52 Å². The second kappa shape index (κ2) is 9.53. The van der Waals surface area contributed by atoms with Crippen LogP contribution in [0.2, 0.25) is 0 Å². The van der Waals surface area contributed by atoms with E-state index < -0.39 is 10.0 Å². The molecule has 3 aromatic rings. The van der Waals surface area contributed by atoms with E-state index in [4.69, 9.17) is 9.47 Å². The first-order chi connectivity index (χ1) is 14.8. The summed E-state index contributed by atoms with van der Waals surface area (Å²) in [5, 5.41) is 2.83. The zero-order valence-corrected chi connectivity index (χ0v) is 18.3. The van der Waals surface area contributed by atoms with Crippen molar-refractivity contribution >= 4 is 21.6 Å². The maximum absolute atomic E-state index is 12.7. The minimum absolute atomic E-state index is 0.0978. The fourth-order valence-electron chi connectivity index (χ4n) is 2.90. The number of carbonyl (C=O) groups excluding carboxylic acids is 1. The smallest absolute Gasteiger partial charge is 0.261 e. The summed E-state index contributed by atoms with van der Waals surface area (Å²) in [7, 11) is -0.726. The number of anilines is 1. The van der Waals surface area contributed by atoms with Crippen LogP contribution in [0.5, 0.6) is 11.5 Å².